The van der Waals surface area contributed by atoms with Gasteiger partial charge in [0.25, 0.3) is 0 Å². The molecular weight excluding hydrogens is 270 g/mol. The number of amides is 1. The Labute approximate surface area is 115 Å². The van der Waals surface area contributed by atoms with E-state index in [0.29, 0.717) is 12.1 Å². The molecule has 100 valence electrons. The van der Waals surface area contributed by atoms with Crippen LogP contribution in [0.5, 0.6) is 0 Å². The Balaban J connectivity index is 2.87. The van der Waals surface area contributed by atoms with Crippen molar-refractivity contribution >= 4 is 33.5 Å². The number of alkyl carbamates (subject to hydrolysis) is 1. The van der Waals surface area contributed by atoms with Crippen LogP contribution in [0.3, 0.4) is 0 Å². The minimum atomic E-state index is -0.600. The van der Waals surface area contributed by atoms with E-state index in [1.54, 1.807) is 21.6 Å². The van der Waals surface area contributed by atoms with Crippen molar-refractivity contribution in [3.63, 3.8) is 0 Å². The van der Waals surface area contributed by atoms with Crippen LogP contribution >= 0.6 is 21.6 Å². The average molecular weight is 287 g/mol. The minimum absolute atomic E-state index is 0.0347. The quantitative estimate of drug-likeness (QED) is 0.636. The first-order valence-corrected chi connectivity index (χ1v) is 8.27. The Morgan fingerprint density at radius 2 is 2.22 bits per heavy atom. The molecule has 0 saturated heterocycles. The highest BCUT2D eigenvalue weighted by Crippen LogP contribution is 2.27. The summed E-state index contributed by atoms with van der Waals surface area (Å²) in [6, 6.07) is 0. The largest absolute Gasteiger partial charge is 0.453 e. The molecule has 0 aliphatic heterocycles. The lowest BCUT2D eigenvalue weighted by Crippen LogP contribution is -2.30. The number of hydrogen-bond acceptors (Lipinski definition) is 5. The van der Waals surface area contributed by atoms with E-state index in [-0.39, 0.29) is 5.78 Å². The van der Waals surface area contributed by atoms with Gasteiger partial charge in [0, 0.05) is 12.2 Å². The van der Waals surface area contributed by atoms with Crippen LogP contribution in [0.4, 0.5) is 4.79 Å². The van der Waals surface area contributed by atoms with Crippen LogP contribution < -0.4 is 5.32 Å². The topological polar surface area (TPSA) is 55.4 Å². The molecular formula is C12H17NO3S2. The molecule has 0 aromatic heterocycles. The van der Waals surface area contributed by atoms with Gasteiger partial charge >= 0.3 is 6.09 Å². The zero-order chi connectivity index (χ0) is 13.5. The van der Waals surface area contributed by atoms with Gasteiger partial charge in [0.15, 0.2) is 5.78 Å². The first-order valence-electron chi connectivity index (χ1n) is 5.54. The summed E-state index contributed by atoms with van der Waals surface area (Å²) in [4.78, 5) is 23.0. The van der Waals surface area contributed by atoms with Gasteiger partial charge in [-0.15, -0.1) is 0 Å². The zero-order valence-corrected chi connectivity index (χ0v) is 12.4. The number of hydrogen-bond donors (Lipinski definition) is 1. The van der Waals surface area contributed by atoms with Crippen molar-refractivity contribution in [2.24, 2.45) is 0 Å². The summed E-state index contributed by atoms with van der Waals surface area (Å²) in [5.41, 5.74) is 2.34. The van der Waals surface area contributed by atoms with E-state index in [9.17, 15) is 9.59 Å². The number of methoxy groups -OCH3 is 1. The van der Waals surface area contributed by atoms with Crippen LogP contribution in [0.1, 0.15) is 19.8 Å². The summed E-state index contributed by atoms with van der Waals surface area (Å²) in [7, 11) is 4.73. The Bertz CT molecular complexity index is 402. The Morgan fingerprint density at radius 1 is 1.50 bits per heavy atom. The van der Waals surface area contributed by atoms with Crippen LogP contribution in [-0.2, 0) is 9.53 Å². The van der Waals surface area contributed by atoms with Crippen molar-refractivity contribution < 1.29 is 14.3 Å². The number of allylic oxidation sites excluding steroid dienone is 3. The smallest absolute Gasteiger partial charge is 0.411 e. The number of carbonyl (C=O) groups is 2. The van der Waals surface area contributed by atoms with E-state index in [1.807, 2.05) is 13.2 Å². The van der Waals surface area contributed by atoms with Crippen LogP contribution in [0.15, 0.2) is 22.9 Å². The number of nitrogens with one attached hydrogen (secondary N) is 1. The van der Waals surface area contributed by atoms with Gasteiger partial charge in [0.05, 0.1) is 12.8 Å². The van der Waals surface area contributed by atoms with Gasteiger partial charge in [0.2, 0.25) is 0 Å². The molecule has 4 nitrogen and oxygen atoms in total. The standard InChI is InChI=1S/C12H17NO3S2/c1-8-9(6-7-18-17-3)4-5-10(14)11(8)13-12(15)16-2/h6H,4-5,7H2,1-3H3,(H,13,15)/b9-6-. The summed E-state index contributed by atoms with van der Waals surface area (Å²) < 4.78 is 4.52. The second-order valence-corrected chi connectivity index (χ2v) is 6.33. The predicted octanol–water partition coefficient (Wildman–Crippen LogP) is 2.92. The maximum absolute atomic E-state index is 11.8. The molecule has 0 fully saturated rings. The summed E-state index contributed by atoms with van der Waals surface area (Å²) in [6.07, 6.45) is 4.72. The molecule has 0 spiro atoms. The number of carbonyl (C=O) groups excluding carboxylic acids is 2. The maximum atomic E-state index is 11.8. The first kappa shape index (κ1) is 15.2. The highest BCUT2D eigenvalue weighted by atomic mass is 33.1. The highest BCUT2D eigenvalue weighted by Gasteiger charge is 2.23. The fourth-order valence-electron chi connectivity index (χ4n) is 1.70. The van der Waals surface area contributed by atoms with Gasteiger partial charge in [-0.25, -0.2) is 4.79 Å². The molecule has 18 heavy (non-hydrogen) atoms. The van der Waals surface area contributed by atoms with Crippen molar-refractivity contribution in [2.45, 2.75) is 19.8 Å². The van der Waals surface area contributed by atoms with Gasteiger partial charge in [-0.1, -0.05) is 27.7 Å². The molecule has 0 atom stereocenters. The van der Waals surface area contributed by atoms with E-state index in [2.05, 4.69) is 16.1 Å². The van der Waals surface area contributed by atoms with Crippen LogP contribution in [0.2, 0.25) is 0 Å². The van der Waals surface area contributed by atoms with Gasteiger partial charge in [0.1, 0.15) is 0 Å². The molecule has 0 heterocycles. The number of ketones is 1. The minimum Gasteiger partial charge on any atom is -0.453 e. The summed E-state index contributed by atoms with van der Waals surface area (Å²) in [6.45, 7) is 1.86. The molecule has 1 rings (SSSR count). The lowest BCUT2D eigenvalue weighted by Gasteiger charge is -2.19. The lowest BCUT2D eigenvalue weighted by atomic mass is 9.91. The van der Waals surface area contributed by atoms with Crippen LogP contribution in [0.25, 0.3) is 0 Å². The van der Waals surface area contributed by atoms with Crippen molar-refractivity contribution in [3.05, 3.63) is 22.9 Å². The normalized spacial score (nSPS) is 18.2. The molecule has 6 heteroatoms. The Kier molecular flexibility index (Phi) is 6.35. The van der Waals surface area contributed by atoms with Gasteiger partial charge in [-0.3, -0.25) is 10.1 Å². The summed E-state index contributed by atoms with van der Waals surface area (Å²) in [5, 5.41) is 2.50. The predicted molar refractivity (Wildman–Crippen MR) is 76.5 cm³/mol. The molecule has 0 radical (unpaired) electrons. The van der Waals surface area contributed by atoms with Crippen molar-refractivity contribution in [3.8, 4) is 0 Å². The van der Waals surface area contributed by atoms with Crippen molar-refractivity contribution in [1.29, 1.82) is 0 Å². The molecule has 1 aliphatic carbocycles. The molecule has 0 unspecified atom stereocenters. The second-order valence-electron chi connectivity index (χ2n) is 3.72. The Hall–Kier alpha value is -0.880. The third kappa shape index (κ3) is 4.10. The highest BCUT2D eigenvalue weighted by molar-refractivity contribution is 8.76. The molecule has 1 amide bonds. The van der Waals surface area contributed by atoms with E-state index >= 15 is 0 Å². The third-order valence-corrected chi connectivity index (χ3v) is 4.34. The fraction of sp³-hybridized carbons (Fsp3) is 0.500. The fourth-order valence-corrected chi connectivity index (χ4v) is 2.72. The second kappa shape index (κ2) is 7.53. The van der Waals surface area contributed by atoms with Gasteiger partial charge in [-0.2, -0.15) is 0 Å². The van der Waals surface area contributed by atoms with E-state index in [1.165, 1.54) is 7.11 Å². The number of Topliss-reactive ketones (excluding diaryl/α,β-unsaturated/α-hetero) is 1. The molecule has 0 aromatic carbocycles. The summed E-state index contributed by atoms with van der Waals surface area (Å²) in [5.74, 6) is 0.862. The molecule has 0 saturated carbocycles. The number of rotatable bonds is 4. The molecule has 1 aliphatic rings. The van der Waals surface area contributed by atoms with Crippen LogP contribution in [-0.4, -0.2) is 31.0 Å². The first-order chi connectivity index (χ1) is 8.60. The number of ether oxygens (including phenoxy) is 1. The van der Waals surface area contributed by atoms with E-state index in [0.717, 1.165) is 23.3 Å². The molecule has 0 aromatic rings. The van der Waals surface area contributed by atoms with E-state index in [4.69, 9.17) is 0 Å². The zero-order valence-electron chi connectivity index (χ0n) is 10.7. The molecule has 1 N–H and O–H groups in total. The summed E-state index contributed by atoms with van der Waals surface area (Å²) >= 11 is 0. The van der Waals surface area contributed by atoms with E-state index < -0.39 is 6.09 Å². The third-order valence-electron chi connectivity index (χ3n) is 2.68. The SMILES string of the molecule is COC(=O)NC1=C(C)/C(=C\CSSC)CCC1=O. The maximum Gasteiger partial charge on any atom is 0.411 e. The monoisotopic (exact) mass is 287 g/mol. The Morgan fingerprint density at radius 3 is 2.83 bits per heavy atom. The van der Waals surface area contributed by atoms with Gasteiger partial charge in [-0.05, 0) is 30.7 Å². The average Bonchev–Trinajstić information content (AvgIpc) is 2.37. The van der Waals surface area contributed by atoms with Crippen molar-refractivity contribution in [2.75, 3.05) is 19.1 Å². The van der Waals surface area contributed by atoms with Crippen molar-refractivity contribution in [1.82, 2.24) is 5.32 Å². The van der Waals surface area contributed by atoms with Gasteiger partial charge < -0.3 is 4.74 Å². The van der Waals surface area contributed by atoms with Crippen LogP contribution in [0, 0.1) is 0 Å². The molecule has 0 bridgehead atoms. The lowest BCUT2D eigenvalue weighted by molar-refractivity contribution is -0.116.